The van der Waals surface area contributed by atoms with E-state index < -0.39 is 0 Å². The van der Waals surface area contributed by atoms with Crippen molar-refractivity contribution in [2.24, 2.45) is 0 Å². The summed E-state index contributed by atoms with van der Waals surface area (Å²) >= 11 is 1.89. The first-order chi connectivity index (χ1) is 42.7. The summed E-state index contributed by atoms with van der Waals surface area (Å²) in [5.41, 5.74) is 11.0. The maximum atomic E-state index is 8.41. The fourth-order valence-corrected chi connectivity index (χ4v) is 11.4. The van der Waals surface area contributed by atoms with Crippen LogP contribution in [0.25, 0.3) is 85.2 Å². The van der Waals surface area contributed by atoms with Crippen molar-refractivity contribution in [1.29, 1.82) is 5.26 Å². The van der Waals surface area contributed by atoms with E-state index in [4.69, 9.17) is 9.68 Å². The Bertz CT molecular complexity index is 4930. The molecule has 0 aliphatic heterocycles. The third-order valence-corrected chi connectivity index (χ3v) is 15.8. The van der Waals surface area contributed by atoms with Gasteiger partial charge in [0.05, 0.1) is 11.6 Å². The molecule has 0 N–H and O–H groups in total. The van der Waals surface area contributed by atoms with Gasteiger partial charge in [0.15, 0.2) is 0 Å². The molecule has 420 valence electrons. The minimum atomic E-state index is 0.731. The fourth-order valence-electron chi connectivity index (χ4n) is 10.3. The highest BCUT2D eigenvalue weighted by atomic mass is 32.1. The Balaban J connectivity index is 0.000000122. The number of fused-ring (bicyclic) bond motifs is 11. The zero-order valence-electron chi connectivity index (χ0n) is 50.3. The Morgan fingerprint density at radius 2 is 0.851 bits per heavy atom. The molecule has 87 heavy (non-hydrogen) atoms. The number of hydrogen-bond acceptors (Lipinski definition) is 3. The molecular weight excluding hydrogens is 1070 g/mol. The molecule has 13 aromatic carbocycles. The van der Waals surface area contributed by atoms with Crippen LogP contribution in [0.3, 0.4) is 0 Å². The molecule has 15 aromatic rings. The first kappa shape index (κ1) is 60.7. The van der Waals surface area contributed by atoms with Gasteiger partial charge in [-0.3, -0.25) is 0 Å². The van der Waals surface area contributed by atoms with Crippen molar-refractivity contribution < 1.29 is 4.42 Å². The second-order valence-corrected chi connectivity index (χ2v) is 21.7. The molecule has 0 fully saturated rings. The minimum Gasteiger partial charge on any atom is -0.456 e. The summed E-state index contributed by atoms with van der Waals surface area (Å²) in [4.78, 5) is 0. The average molecular weight is 1140 g/mol. The van der Waals surface area contributed by atoms with Gasteiger partial charge in [0, 0.05) is 47.6 Å². The van der Waals surface area contributed by atoms with Crippen molar-refractivity contribution >= 4 is 96.5 Å². The summed E-state index contributed by atoms with van der Waals surface area (Å²) in [7, 11) is 0. The summed E-state index contributed by atoms with van der Waals surface area (Å²) in [6.07, 6.45) is 0. The molecule has 0 aliphatic carbocycles. The quantitative estimate of drug-likeness (QED) is 0.112. The van der Waals surface area contributed by atoms with Crippen LogP contribution in [0.2, 0.25) is 0 Å². The molecule has 0 saturated heterocycles. The van der Waals surface area contributed by atoms with E-state index in [0.29, 0.717) is 0 Å². The van der Waals surface area contributed by atoms with Crippen LogP contribution in [0.1, 0.15) is 65.3 Å². The number of thiophene rings is 1. The molecule has 2 aromatic heterocycles. The third kappa shape index (κ3) is 15.8. The third-order valence-electron chi connectivity index (χ3n) is 14.4. The molecular formula is C84H67NOS. The van der Waals surface area contributed by atoms with Gasteiger partial charge in [0.25, 0.3) is 0 Å². The van der Waals surface area contributed by atoms with Gasteiger partial charge in [-0.15, -0.1) is 29.1 Å². The summed E-state index contributed by atoms with van der Waals surface area (Å²) in [6.45, 7) is 14.0. The molecule has 0 aliphatic rings. The van der Waals surface area contributed by atoms with Crippen LogP contribution in [0.5, 0.6) is 0 Å². The van der Waals surface area contributed by atoms with E-state index in [0.717, 1.165) is 39.0 Å². The Morgan fingerprint density at radius 3 is 1.56 bits per heavy atom. The van der Waals surface area contributed by atoms with Gasteiger partial charge in [0.1, 0.15) is 11.2 Å². The van der Waals surface area contributed by atoms with Crippen LogP contribution < -0.4 is 0 Å². The fraction of sp³-hybridized carbons (Fsp3) is 0.0833. The van der Waals surface area contributed by atoms with E-state index in [9.17, 15) is 0 Å². The Labute approximate surface area is 516 Å². The number of hydrogen-bond donors (Lipinski definition) is 0. The van der Waals surface area contributed by atoms with Gasteiger partial charge in [-0.05, 0) is 168 Å². The summed E-state index contributed by atoms with van der Waals surface area (Å²) in [5, 5.41) is 24.0. The molecule has 0 unspecified atom stereocenters. The molecule has 0 bridgehead atoms. The highest BCUT2D eigenvalue weighted by Gasteiger charge is 2.08. The van der Waals surface area contributed by atoms with Crippen molar-refractivity contribution in [2.75, 3.05) is 0 Å². The number of para-hydroxylation sites is 2. The van der Waals surface area contributed by atoms with E-state index in [1.807, 2.05) is 136 Å². The first-order valence-electron chi connectivity index (χ1n) is 29.0. The predicted molar refractivity (Wildman–Crippen MR) is 377 cm³/mol. The Hall–Kier alpha value is -10.9. The normalized spacial score (nSPS) is 9.95. The van der Waals surface area contributed by atoms with Gasteiger partial charge in [-0.1, -0.05) is 242 Å². The van der Waals surface area contributed by atoms with Gasteiger partial charge in [-0.2, -0.15) is 5.26 Å². The molecule has 3 heteroatoms. The maximum Gasteiger partial charge on any atom is 0.138 e. The second-order valence-electron chi connectivity index (χ2n) is 20.6. The lowest BCUT2D eigenvalue weighted by Crippen LogP contribution is -1.81. The molecule has 0 amide bonds. The first-order valence-corrected chi connectivity index (χ1v) is 29.9. The van der Waals surface area contributed by atoms with Crippen molar-refractivity contribution in [2.45, 2.75) is 48.5 Å². The monoisotopic (exact) mass is 1140 g/mol. The van der Waals surface area contributed by atoms with Crippen LogP contribution in [0, 0.1) is 74.5 Å². The molecule has 0 atom stereocenters. The van der Waals surface area contributed by atoms with Gasteiger partial charge >= 0.3 is 0 Å². The van der Waals surface area contributed by atoms with Crippen LogP contribution in [-0.4, -0.2) is 0 Å². The lowest BCUT2D eigenvalue weighted by molar-refractivity contribution is 0.666. The number of rotatable bonds is 0. The van der Waals surface area contributed by atoms with E-state index in [1.165, 1.54) is 90.7 Å². The lowest BCUT2D eigenvalue weighted by Gasteiger charge is -2.06. The van der Waals surface area contributed by atoms with Gasteiger partial charge in [0.2, 0.25) is 0 Å². The average Bonchev–Trinajstić information content (AvgIpc) is 2.41. The number of nitrogens with zero attached hydrogens (tertiary/aromatic N) is 1. The SMILES string of the molecule is CC#Cc1ccc2ccccc2c1.CC#Cc1cccc2ccccc12.CC#Cc1ccccc1.Cc1cc2ccccc2c2ccccc12.Cc1cccc(C#N)c1.Cc1cccc2c1oc1ccccc12.Cc1cccc2c1sc1ccccc12. The van der Waals surface area contributed by atoms with E-state index in [-0.39, 0.29) is 0 Å². The van der Waals surface area contributed by atoms with Crippen molar-refractivity contribution in [3.05, 3.63) is 324 Å². The predicted octanol–water partition coefficient (Wildman–Crippen LogP) is 22.9. The molecule has 0 spiro atoms. The van der Waals surface area contributed by atoms with E-state index in [1.54, 1.807) is 6.07 Å². The van der Waals surface area contributed by atoms with Crippen LogP contribution >= 0.6 is 11.3 Å². The zero-order valence-corrected chi connectivity index (χ0v) is 51.1. The van der Waals surface area contributed by atoms with E-state index in [2.05, 4.69) is 238 Å². The molecule has 2 heterocycles. The van der Waals surface area contributed by atoms with Gasteiger partial charge < -0.3 is 4.42 Å². The molecule has 15 rings (SSSR count). The standard InChI is InChI=1S/C15H12.C13H10O.C13H10S.2C13H10.C9H8.C8H7N/c1-11-10-12-6-2-3-8-14(12)15-9-5-4-7-13(11)15;2*1-9-5-4-7-11-10-6-2-3-8-12(10)14-13(9)11;1-2-6-11-8-5-9-12-7-3-4-10-13(11)12;1-2-5-11-8-9-12-6-3-4-7-13(12)10-11;1-2-6-9-7-4-3-5-8-9;1-7-3-2-4-8(5-7)6-9/h2-10H,1H3;2*2-8H,1H3;3-5,7-10H,1H3;3-4,6-10H,1H3;3-5,7-8H,1H3;2-5H,1H3. The van der Waals surface area contributed by atoms with Crippen molar-refractivity contribution in [3.63, 3.8) is 0 Å². The van der Waals surface area contributed by atoms with Gasteiger partial charge in [-0.25, -0.2) is 0 Å². The van der Waals surface area contributed by atoms with Crippen LogP contribution in [0.15, 0.2) is 283 Å². The Kier molecular flexibility index (Phi) is 21.3. The van der Waals surface area contributed by atoms with Crippen LogP contribution in [-0.2, 0) is 0 Å². The van der Waals surface area contributed by atoms with E-state index >= 15 is 0 Å². The topological polar surface area (TPSA) is 36.9 Å². The second kappa shape index (κ2) is 30.6. The largest absolute Gasteiger partial charge is 0.456 e. The maximum absolute atomic E-state index is 8.41. The van der Waals surface area contributed by atoms with Crippen molar-refractivity contribution in [3.8, 4) is 41.6 Å². The zero-order chi connectivity index (χ0) is 60.7. The molecule has 2 nitrogen and oxygen atoms in total. The van der Waals surface area contributed by atoms with Crippen molar-refractivity contribution in [1.82, 2.24) is 0 Å². The summed E-state index contributed by atoms with van der Waals surface area (Å²) in [6, 6.07) is 97.6. The number of benzene rings is 13. The Morgan fingerprint density at radius 1 is 0.322 bits per heavy atom. The lowest BCUT2D eigenvalue weighted by atomic mass is 9.98. The molecule has 0 radical (unpaired) electrons. The molecule has 0 saturated carbocycles. The smallest absolute Gasteiger partial charge is 0.138 e. The number of furan rings is 1. The number of nitriles is 1. The number of aryl methyl sites for hydroxylation is 4. The highest BCUT2D eigenvalue weighted by Crippen LogP contribution is 2.35. The summed E-state index contributed by atoms with van der Waals surface area (Å²) < 4.78 is 8.59. The summed E-state index contributed by atoms with van der Waals surface area (Å²) in [5.74, 6) is 17.8. The van der Waals surface area contributed by atoms with Crippen LogP contribution in [0.4, 0.5) is 0 Å². The highest BCUT2D eigenvalue weighted by molar-refractivity contribution is 7.26. The minimum absolute atomic E-state index is 0.731.